The number of carbonyl (C=O) groups is 1. The van der Waals surface area contributed by atoms with E-state index in [1.807, 2.05) is 18.2 Å². The van der Waals surface area contributed by atoms with Gasteiger partial charge in [0.2, 0.25) is 5.91 Å². The SMILES string of the molecule is C#CCOc1ccc([C@H]2CC(=O)Nc3nc(N4CCOCC4)sc32)cc1OC. The molecule has 0 bridgehead atoms. The van der Waals surface area contributed by atoms with Crippen LogP contribution in [0.25, 0.3) is 0 Å². The number of amides is 1. The molecule has 2 aliphatic heterocycles. The van der Waals surface area contributed by atoms with Crippen LogP contribution in [0.15, 0.2) is 18.2 Å². The first-order valence-corrected chi connectivity index (χ1v) is 9.88. The molecule has 2 aliphatic rings. The Kier molecular flexibility index (Phi) is 5.37. The van der Waals surface area contributed by atoms with Crippen LogP contribution in [-0.4, -0.2) is 50.9 Å². The van der Waals surface area contributed by atoms with Gasteiger partial charge in [0.05, 0.1) is 25.2 Å². The molecule has 7 nitrogen and oxygen atoms in total. The number of aromatic nitrogens is 1. The Morgan fingerprint density at radius 1 is 1.39 bits per heavy atom. The van der Waals surface area contributed by atoms with Crippen molar-refractivity contribution >= 4 is 28.2 Å². The molecule has 1 atom stereocenters. The summed E-state index contributed by atoms with van der Waals surface area (Å²) in [5, 5.41) is 3.83. The minimum absolute atomic E-state index is 0.0389. The molecule has 3 heterocycles. The number of nitrogens with zero attached hydrogens (tertiary/aromatic N) is 2. The number of hydrogen-bond acceptors (Lipinski definition) is 7. The van der Waals surface area contributed by atoms with E-state index in [1.54, 1.807) is 18.4 Å². The molecule has 0 aliphatic carbocycles. The quantitative estimate of drug-likeness (QED) is 0.779. The maximum atomic E-state index is 12.3. The number of anilines is 2. The van der Waals surface area contributed by atoms with Crippen molar-refractivity contribution < 1.29 is 19.0 Å². The smallest absolute Gasteiger partial charge is 0.226 e. The van der Waals surface area contributed by atoms with Gasteiger partial charge in [0.15, 0.2) is 16.6 Å². The van der Waals surface area contributed by atoms with Gasteiger partial charge >= 0.3 is 0 Å². The number of carbonyl (C=O) groups excluding carboxylic acids is 1. The van der Waals surface area contributed by atoms with Gasteiger partial charge in [0.1, 0.15) is 12.4 Å². The van der Waals surface area contributed by atoms with E-state index in [0.717, 1.165) is 28.7 Å². The number of morpholine rings is 1. The van der Waals surface area contributed by atoms with Crippen molar-refractivity contribution in [2.45, 2.75) is 12.3 Å². The summed E-state index contributed by atoms with van der Waals surface area (Å²) in [6.45, 7) is 3.16. The molecule has 0 saturated carbocycles. The summed E-state index contributed by atoms with van der Waals surface area (Å²) < 4.78 is 16.4. The predicted octanol–water partition coefficient (Wildman–Crippen LogP) is 2.47. The zero-order valence-corrected chi connectivity index (χ0v) is 16.4. The first-order chi connectivity index (χ1) is 13.7. The number of rotatable bonds is 5. The number of benzene rings is 1. The molecule has 0 radical (unpaired) electrons. The Bertz CT molecular complexity index is 915. The molecular weight excluding hydrogens is 378 g/mol. The highest BCUT2D eigenvalue weighted by atomic mass is 32.1. The largest absolute Gasteiger partial charge is 0.493 e. The lowest BCUT2D eigenvalue weighted by Gasteiger charge is -2.26. The molecule has 1 aromatic carbocycles. The van der Waals surface area contributed by atoms with E-state index in [1.165, 1.54) is 0 Å². The molecule has 4 rings (SSSR count). The predicted molar refractivity (Wildman–Crippen MR) is 108 cm³/mol. The second kappa shape index (κ2) is 8.09. The van der Waals surface area contributed by atoms with Crippen molar-refractivity contribution in [1.82, 2.24) is 4.98 Å². The van der Waals surface area contributed by atoms with Crippen LogP contribution < -0.4 is 19.7 Å². The van der Waals surface area contributed by atoms with Gasteiger partial charge in [-0.2, -0.15) is 0 Å². The van der Waals surface area contributed by atoms with E-state index in [2.05, 4.69) is 21.1 Å². The second-order valence-corrected chi connectivity index (χ2v) is 7.53. The monoisotopic (exact) mass is 399 g/mol. The van der Waals surface area contributed by atoms with Gasteiger partial charge in [-0.3, -0.25) is 4.79 Å². The Balaban J connectivity index is 1.66. The Hall–Kier alpha value is -2.76. The fourth-order valence-electron chi connectivity index (χ4n) is 3.41. The molecule has 1 saturated heterocycles. The van der Waals surface area contributed by atoms with Crippen LogP contribution in [0.3, 0.4) is 0 Å². The summed E-state index contributed by atoms with van der Waals surface area (Å²) >= 11 is 1.62. The average Bonchev–Trinajstić information content (AvgIpc) is 3.16. The third kappa shape index (κ3) is 3.63. The van der Waals surface area contributed by atoms with Gasteiger partial charge in [0.25, 0.3) is 0 Å². The number of methoxy groups -OCH3 is 1. The van der Waals surface area contributed by atoms with E-state index in [-0.39, 0.29) is 18.4 Å². The lowest BCUT2D eigenvalue weighted by molar-refractivity contribution is -0.116. The number of thiazole rings is 1. The van der Waals surface area contributed by atoms with Gasteiger partial charge < -0.3 is 24.4 Å². The van der Waals surface area contributed by atoms with Gasteiger partial charge in [-0.1, -0.05) is 23.3 Å². The topological polar surface area (TPSA) is 72.9 Å². The molecule has 0 spiro atoms. The summed E-state index contributed by atoms with van der Waals surface area (Å²) in [5.41, 5.74) is 0.984. The summed E-state index contributed by atoms with van der Waals surface area (Å²) in [7, 11) is 1.59. The van der Waals surface area contributed by atoms with Crippen LogP contribution in [0, 0.1) is 12.3 Å². The van der Waals surface area contributed by atoms with Crippen molar-refractivity contribution in [1.29, 1.82) is 0 Å². The fraction of sp³-hybridized carbons (Fsp3) is 0.400. The molecule has 1 amide bonds. The number of ether oxygens (including phenoxy) is 3. The van der Waals surface area contributed by atoms with E-state index >= 15 is 0 Å². The molecule has 2 aromatic rings. The van der Waals surface area contributed by atoms with Crippen LogP contribution in [0.2, 0.25) is 0 Å². The maximum Gasteiger partial charge on any atom is 0.226 e. The molecule has 0 unspecified atom stereocenters. The maximum absolute atomic E-state index is 12.3. The molecule has 28 heavy (non-hydrogen) atoms. The molecule has 1 fully saturated rings. The summed E-state index contributed by atoms with van der Waals surface area (Å²) in [6, 6.07) is 5.70. The summed E-state index contributed by atoms with van der Waals surface area (Å²) in [5.74, 6) is 4.17. The third-order valence-corrected chi connectivity index (χ3v) is 6.02. The molecule has 1 N–H and O–H groups in total. The van der Waals surface area contributed by atoms with Crippen molar-refractivity contribution in [2.75, 3.05) is 50.2 Å². The van der Waals surface area contributed by atoms with Crippen molar-refractivity contribution in [3.05, 3.63) is 28.6 Å². The van der Waals surface area contributed by atoms with Gasteiger partial charge in [-0.05, 0) is 17.7 Å². The van der Waals surface area contributed by atoms with E-state index < -0.39 is 0 Å². The molecular formula is C20H21N3O4S. The Morgan fingerprint density at radius 2 is 2.21 bits per heavy atom. The number of hydrogen-bond donors (Lipinski definition) is 1. The second-order valence-electron chi connectivity index (χ2n) is 6.52. The van der Waals surface area contributed by atoms with Gasteiger partial charge in [0, 0.05) is 25.4 Å². The van der Waals surface area contributed by atoms with E-state index in [4.69, 9.17) is 20.6 Å². The van der Waals surface area contributed by atoms with Gasteiger partial charge in [-0.25, -0.2) is 4.98 Å². The van der Waals surface area contributed by atoms with Gasteiger partial charge in [-0.15, -0.1) is 6.42 Å². The first kappa shape index (κ1) is 18.6. The molecule has 1 aromatic heterocycles. The van der Waals surface area contributed by atoms with E-state index in [0.29, 0.717) is 37.0 Å². The first-order valence-electron chi connectivity index (χ1n) is 9.07. The van der Waals surface area contributed by atoms with Crippen molar-refractivity contribution in [3.63, 3.8) is 0 Å². The third-order valence-electron chi connectivity index (χ3n) is 4.79. The number of nitrogens with one attached hydrogen (secondary N) is 1. The van der Waals surface area contributed by atoms with Crippen molar-refractivity contribution in [3.8, 4) is 23.8 Å². The average molecular weight is 399 g/mol. The zero-order valence-electron chi connectivity index (χ0n) is 15.6. The molecule has 146 valence electrons. The lowest BCUT2D eigenvalue weighted by atomic mass is 9.91. The number of fused-ring (bicyclic) bond motifs is 1. The lowest BCUT2D eigenvalue weighted by Crippen LogP contribution is -2.36. The fourth-order valence-corrected chi connectivity index (χ4v) is 4.61. The van der Waals surface area contributed by atoms with E-state index in [9.17, 15) is 4.79 Å². The molecule has 8 heteroatoms. The van der Waals surface area contributed by atoms with Crippen molar-refractivity contribution in [2.24, 2.45) is 0 Å². The number of terminal acetylenes is 1. The summed E-state index contributed by atoms with van der Waals surface area (Å²) in [4.78, 5) is 20.2. The Labute approximate surface area is 167 Å². The highest BCUT2D eigenvalue weighted by molar-refractivity contribution is 7.16. The normalized spacial score (nSPS) is 18.8. The Morgan fingerprint density at radius 3 is 2.96 bits per heavy atom. The van der Waals surface area contributed by atoms with Crippen LogP contribution in [0.1, 0.15) is 22.8 Å². The van der Waals surface area contributed by atoms with Crippen LogP contribution in [0.4, 0.5) is 10.9 Å². The van der Waals surface area contributed by atoms with Crippen LogP contribution >= 0.6 is 11.3 Å². The zero-order chi connectivity index (χ0) is 19.5. The minimum atomic E-state index is -0.0772. The standard InChI is InChI=1S/C20H21N3O4S/c1-3-8-27-15-5-4-13(11-16(15)25-2)14-12-17(24)21-19-18(14)28-20(22-19)23-6-9-26-10-7-23/h1,4-5,11,14H,6-10,12H2,2H3,(H,21,24)/t14-/m1/s1. The highest BCUT2D eigenvalue weighted by Crippen LogP contribution is 2.44. The highest BCUT2D eigenvalue weighted by Gasteiger charge is 2.32. The summed E-state index contributed by atoms with van der Waals surface area (Å²) in [6.07, 6.45) is 5.64. The van der Waals surface area contributed by atoms with Crippen LogP contribution in [0.5, 0.6) is 11.5 Å². The van der Waals surface area contributed by atoms with Crippen LogP contribution in [-0.2, 0) is 9.53 Å². The minimum Gasteiger partial charge on any atom is -0.493 e.